The third kappa shape index (κ3) is 2.74. The highest BCUT2D eigenvalue weighted by Gasteiger charge is 2.09. The lowest BCUT2D eigenvalue weighted by atomic mass is 10.1. The molecule has 2 aromatic heterocycles. The molecule has 0 atom stereocenters. The minimum absolute atomic E-state index is 0.151. The lowest BCUT2D eigenvalue weighted by Gasteiger charge is -2.07. The molecule has 0 amide bonds. The van der Waals surface area contributed by atoms with Gasteiger partial charge in [0.05, 0.1) is 18.5 Å². The van der Waals surface area contributed by atoms with Crippen LogP contribution in [0.25, 0.3) is 16.9 Å². The fourth-order valence-corrected chi connectivity index (χ4v) is 2.27. The molecule has 5 nitrogen and oxygen atoms in total. The number of aromatic nitrogens is 3. The number of unbranched alkanes of at least 4 members (excludes halogenated alkanes) is 1. The van der Waals surface area contributed by atoms with Gasteiger partial charge >= 0.3 is 0 Å². The Kier molecular flexibility index (Phi) is 3.96. The molecule has 5 heteroatoms. The zero-order chi connectivity index (χ0) is 15.5. The summed E-state index contributed by atoms with van der Waals surface area (Å²) in [7, 11) is 0. The quantitative estimate of drug-likeness (QED) is 0.731. The molecule has 0 aliphatic rings. The summed E-state index contributed by atoms with van der Waals surface area (Å²) in [6, 6.07) is 7.82. The van der Waals surface area contributed by atoms with Crippen molar-refractivity contribution in [3.05, 3.63) is 42.4 Å². The first-order valence-corrected chi connectivity index (χ1v) is 7.46. The first-order valence-electron chi connectivity index (χ1n) is 7.46. The fourth-order valence-electron chi connectivity index (χ4n) is 2.27. The van der Waals surface area contributed by atoms with E-state index in [0.717, 1.165) is 36.5 Å². The van der Waals surface area contributed by atoms with Gasteiger partial charge < -0.3 is 9.84 Å². The van der Waals surface area contributed by atoms with Crippen LogP contribution < -0.4 is 4.74 Å². The molecule has 0 radical (unpaired) electrons. The van der Waals surface area contributed by atoms with Gasteiger partial charge in [-0.1, -0.05) is 13.3 Å². The molecule has 0 bridgehead atoms. The van der Waals surface area contributed by atoms with Gasteiger partial charge in [0, 0.05) is 11.8 Å². The van der Waals surface area contributed by atoms with Gasteiger partial charge in [-0.15, -0.1) is 0 Å². The van der Waals surface area contributed by atoms with E-state index in [1.54, 1.807) is 23.7 Å². The second-order valence-corrected chi connectivity index (χ2v) is 5.25. The average Bonchev–Trinajstić information content (AvgIpc) is 2.83. The van der Waals surface area contributed by atoms with Gasteiger partial charge in [0.1, 0.15) is 11.4 Å². The summed E-state index contributed by atoms with van der Waals surface area (Å²) in [5.41, 5.74) is 2.98. The number of hydrogen-bond acceptors (Lipinski definition) is 4. The Morgan fingerprint density at radius 3 is 2.73 bits per heavy atom. The number of ether oxygens (including phenoxy) is 1. The zero-order valence-corrected chi connectivity index (χ0v) is 12.8. The Bertz CT molecular complexity index is 778. The SMILES string of the molecule is CCCCOc1ccc(-c2cn3c(O)c(C)nc3cn2)cc1. The van der Waals surface area contributed by atoms with Crippen molar-refractivity contribution >= 4 is 5.65 Å². The second kappa shape index (κ2) is 6.05. The molecule has 1 aromatic carbocycles. The summed E-state index contributed by atoms with van der Waals surface area (Å²) in [5.74, 6) is 1.01. The molecule has 1 N–H and O–H groups in total. The van der Waals surface area contributed by atoms with Crippen LogP contribution in [0.4, 0.5) is 0 Å². The van der Waals surface area contributed by atoms with Crippen LogP contribution in [0, 0.1) is 6.92 Å². The third-order valence-electron chi connectivity index (χ3n) is 3.57. The van der Waals surface area contributed by atoms with E-state index in [9.17, 15) is 5.11 Å². The third-order valence-corrected chi connectivity index (χ3v) is 3.57. The van der Waals surface area contributed by atoms with E-state index in [1.807, 2.05) is 24.3 Å². The number of benzene rings is 1. The van der Waals surface area contributed by atoms with Gasteiger partial charge in [0.25, 0.3) is 0 Å². The minimum atomic E-state index is 0.151. The maximum absolute atomic E-state index is 9.99. The first-order chi connectivity index (χ1) is 10.7. The molecule has 0 aliphatic heterocycles. The van der Waals surface area contributed by atoms with Crippen LogP contribution in [0.3, 0.4) is 0 Å². The zero-order valence-electron chi connectivity index (χ0n) is 12.8. The van der Waals surface area contributed by atoms with Gasteiger partial charge in [-0.25, -0.2) is 4.98 Å². The van der Waals surface area contributed by atoms with Crippen LogP contribution in [0.15, 0.2) is 36.7 Å². The average molecular weight is 297 g/mol. The standard InChI is InChI=1S/C17H19N3O2/c1-3-4-9-22-14-7-5-13(6-8-14)15-11-20-16(10-18-15)19-12(2)17(20)21/h5-8,10-11,21H,3-4,9H2,1-2H3. The molecular formula is C17H19N3O2. The smallest absolute Gasteiger partial charge is 0.219 e. The van der Waals surface area contributed by atoms with Crippen LogP contribution in [-0.4, -0.2) is 26.1 Å². The van der Waals surface area contributed by atoms with E-state index in [2.05, 4.69) is 16.9 Å². The Hall–Kier alpha value is -2.56. The summed E-state index contributed by atoms with van der Waals surface area (Å²) in [5, 5.41) is 9.99. The first kappa shape index (κ1) is 14.4. The van der Waals surface area contributed by atoms with Crippen LogP contribution in [0.1, 0.15) is 25.5 Å². The molecule has 3 aromatic rings. The van der Waals surface area contributed by atoms with E-state index >= 15 is 0 Å². The predicted molar refractivity (Wildman–Crippen MR) is 85.2 cm³/mol. The summed E-state index contributed by atoms with van der Waals surface area (Å²) in [6.45, 7) is 4.65. The summed E-state index contributed by atoms with van der Waals surface area (Å²) in [6.07, 6.45) is 5.63. The minimum Gasteiger partial charge on any atom is -0.494 e. The largest absolute Gasteiger partial charge is 0.494 e. The highest BCUT2D eigenvalue weighted by Crippen LogP contribution is 2.24. The highest BCUT2D eigenvalue weighted by molar-refractivity contribution is 5.61. The van der Waals surface area contributed by atoms with Crippen molar-refractivity contribution in [1.29, 1.82) is 0 Å². The van der Waals surface area contributed by atoms with Crippen molar-refractivity contribution in [3.63, 3.8) is 0 Å². The summed E-state index contributed by atoms with van der Waals surface area (Å²) >= 11 is 0. The number of hydrogen-bond donors (Lipinski definition) is 1. The fraction of sp³-hybridized carbons (Fsp3) is 0.294. The Morgan fingerprint density at radius 1 is 1.23 bits per heavy atom. The van der Waals surface area contributed by atoms with Gasteiger partial charge in [-0.2, -0.15) is 0 Å². The van der Waals surface area contributed by atoms with E-state index < -0.39 is 0 Å². The molecule has 0 unspecified atom stereocenters. The number of rotatable bonds is 5. The Morgan fingerprint density at radius 2 is 2.00 bits per heavy atom. The maximum Gasteiger partial charge on any atom is 0.219 e. The van der Waals surface area contributed by atoms with Crippen LogP contribution in [0.5, 0.6) is 11.6 Å². The summed E-state index contributed by atoms with van der Waals surface area (Å²) < 4.78 is 7.30. The van der Waals surface area contributed by atoms with E-state index in [4.69, 9.17) is 4.74 Å². The lowest BCUT2D eigenvalue weighted by Crippen LogP contribution is -1.96. The molecule has 0 spiro atoms. The maximum atomic E-state index is 9.99. The molecule has 0 aliphatic carbocycles. The normalized spacial score (nSPS) is 11.0. The topological polar surface area (TPSA) is 59.7 Å². The summed E-state index contributed by atoms with van der Waals surface area (Å²) in [4.78, 5) is 8.64. The molecule has 2 heterocycles. The lowest BCUT2D eigenvalue weighted by molar-refractivity contribution is 0.309. The van der Waals surface area contributed by atoms with Crippen LogP contribution in [0.2, 0.25) is 0 Å². The van der Waals surface area contributed by atoms with Crippen LogP contribution in [-0.2, 0) is 0 Å². The number of aryl methyl sites for hydroxylation is 1. The molecule has 0 fully saturated rings. The number of nitrogens with zero attached hydrogens (tertiary/aromatic N) is 3. The van der Waals surface area contributed by atoms with Crippen molar-refractivity contribution < 1.29 is 9.84 Å². The van der Waals surface area contributed by atoms with E-state index in [1.165, 1.54) is 0 Å². The van der Waals surface area contributed by atoms with Crippen molar-refractivity contribution in [2.45, 2.75) is 26.7 Å². The molecule has 0 saturated heterocycles. The molecular weight excluding hydrogens is 278 g/mol. The van der Waals surface area contributed by atoms with Crippen molar-refractivity contribution in [1.82, 2.24) is 14.4 Å². The number of imidazole rings is 1. The molecule has 3 rings (SSSR count). The second-order valence-electron chi connectivity index (χ2n) is 5.25. The molecule has 22 heavy (non-hydrogen) atoms. The predicted octanol–water partition coefficient (Wildman–Crippen LogP) is 3.59. The van der Waals surface area contributed by atoms with Crippen molar-refractivity contribution in [2.24, 2.45) is 0 Å². The van der Waals surface area contributed by atoms with E-state index in [0.29, 0.717) is 11.3 Å². The van der Waals surface area contributed by atoms with Crippen molar-refractivity contribution in [3.8, 4) is 22.9 Å². The van der Waals surface area contributed by atoms with E-state index in [-0.39, 0.29) is 5.88 Å². The molecule has 114 valence electrons. The Balaban J connectivity index is 1.85. The highest BCUT2D eigenvalue weighted by atomic mass is 16.5. The monoisotopic (exact) mass is 297 g/mol. The molecule has 0 saturated carbocycles. The Labute approximate surface area is 129 Å². The number of aromatic hydroxyl groups is 1. The van der Waals surface area contributed by atoms with Gasteiger partial charge in [0.15, 0.2) is 5.65 Å². The number of fused-ring (bicyclic) bond motifs is 1. The van der Waals surface area contributed by atoms with Gasteiger partial charge in [-0.3, -0.25) is 9.38 Å². The van der Waals surface area contributed by atoms with Crippen molar-refractivity contribution in [2.75, 3.05) is 6.61 Å². The van der Waals surface area contributed by atoms with Gasteiger partial charge in [-0.05, 0) is 37.6 Å². The van der Waals surface area contributed by atoms with Crippen LogP contribution >= 0.6 is 0 Å². The van der Waals surface area contributed by atoms with Gasteiger partial charge in [0.2, 0.25) is 5.88 Å².